The van der Waals surface area contributed by atoms with E-state index in [1.165, 1.54) is 6.07 Å². The summed E-state index contributed by atoms with van der Waals surface area (Å²) in [6, 6.07) is 4.84. The number of carboxylic acid groups (broad SMARTS) is 1. The zero-order valence-corrected chi connectivity index (χ0v) is 14.0. The summed E-state index contributed by atoms with van der Waals surface area (Å²) in [7, 11) is 0. The van der Waals surface area contributed by atoms with E-state index in [1.807, 2.05) is 29.5 Å². The zero-order chi connectivity index (χ0) is 15.6. The van der Waals surface area contributed by atoms with E-state index in [1.54, 1.807) is 17.0 Å². The summed E-state index contributed by atoms with van der Waals surface area (Å²) in [6.45, 7) is 2.75. The molecule has 0 bridgehead atoms. The van der Waals surface area contributed by atoms with Crippen LogP contribution in [0.5, 0.6) is 5.75 Å². The standard InChI is InChI=1S/C15H18INO4/c1-2-15(14(20)21)5-7-17(8-6-15)13(19)10-3-4-11(16)12(18)9-10/h3-4,9,18H,2,5-8H2,1H3,(H,20,21). The van der Waals surface area contributed by atoms with Crippen molar-refractivity contribution in [3.8, 4) is 5.75 Å². The predicted molar refractivity (Wildman–Crippen MR) is 86.3 cm³/mol. The number of carbonyl (C=O) groups excluding carboxylic acids is 1. The van der Waals surface area contributed by atoms with Gasteiger partial charge in [-0.3, -0.25) is 9.59 Å². The Morgan fingerprint density at radius 2 is 1.95 bits per heavy atom. The van der Waals surface area contributed by atoms with E-state index in [2.05, 4.69) is 0 Å². The number of hydrogen-bond donors (Lipinski definition) is 2. The number of nitrogens with zero attached hydrogens (tertiary/aromatic N) is 1. The van der Waals surface area contributed by atoms with Crippen molar-refractivity contribution < 1.29 is 19.8 Å². The molecule has 6 heteroatoms. The van der Waals surface area contributed by atoms with Crippen LogP contribution in [0.15, 0.2) is 18.2 Å². The average molecular weight is 403 g/mol. The normalized spacial score (nSPS) is 17.5. The predicted octanol–water partition coefficient (Wildman–Crippen LogP) is 2.71. The van der Waals surface area contributed by atoms with Crippen molar-refractivity contribution in [1.82, 2.24) is 4.90 Å². The van der Waals surface area contributed by atoms with Gasteiger partial charge in [-0.25, -0.2) is 0 Å². The minimum atomic E-state index is -0.774. The quantitative estimate of drug-likeness (QED) is 0.761. The summed E-state index contributed by atoms with van der Waals surface area (Å²) in [5.41, 5.74) is -0.266. The van der Waals surface area contributed by atoms with E-state index in [4.69, 9.17) is 0 Å². The van der Waals surface area contributed by atoms with Gasteiger partial charge in [0, 0.05) is 18.7 Å². The summed E-state index contributed by atoms with van der Waals surface area (Å²) in [4.78, 5) is 25.5. The van der Waals surface area contributed by atoms with Gasteiger partial charge in [0.2, 0.25) is 0 Å². The van der Waals surface area contributed by atoms with Crippen LogP contribution < -0.4 is 0 Å². The first-order valence-electron chi connectivity index (χ1n) is 6.91. The van der Waals surface area contributed by atoms with Crippen LogP contribution in [0.25, 0.3) is 0 Å². The Bertz CT molecular complexity index is 565. The average Bonchev–Trinajstić information content (AvgIpc) is 2.49. The van der Waals surface area contributed by atoms with Gasteiger partial charge in [0.25, 0.3) is 5.91 Å². The van der Waals surface area contributed by atoms with Crippen molar-refractivity contribution in [2.75, 3.05) is 13.1 Å². The van der Waals surface area contributed by atoms with E-state index in [0.29, 0.717) is 41.5 Å². The molecule has 0 unspecified atom stereocenters. The highest BCUT2D eigenvalue weighted by Gasteiger charge is 2.40. The van der Waals surface area contributed by atoms with Crippen LogP contribution in [0.3, 0.4) is 0 Å². The van der Waals surface area contributed by atoms with Gasteiger partial charge in [-0.2, -0.15) is 0 Å². The maximum absolute atomic E-state index is 12.4. The summed E-state index contributed by atoms with van der Waals surface area (Å²) >= 11 is 2.00. The molecule has 1 amide bonds. The number of phenols is 1. The zero-order valence-electron chi connectivity index (χ0n) is 11.8. The lowest BCUT2D eigenvalue weighted by molar-refractivity contribution is -0.152. The number of likely N-dealkylation sites (tertiary alicyclic amines) is 1. The Kier molecular flexibility index (Phi) is 4.75. The molecular formula is C15H18INO4. The number of carboxylic acids is 1. The summed E-state index contributed by atoms with van der Waals surface area (Å²) in [5, 5.41) is 19.0. The number of rotatable bonds is 3. The molecule has 2 rings (SSSR count). The van der Waals surface area contributed by atoms with Gasteiger partial charge in [0.05, 0.1) is 8.99 Å². The number of aromatic hydroxyl groups is 1. The number of aliphatic carboxylic acids is 1. The first-order chi connectivity index (χ1) is 9.89. The first kappa shape index (κ1) is 16.1. The van der Waals surface area contributed by atoms with E-state index in [9.17, 15) is 19.8 Å². The Labute approximate surface area is 137 Å². The van der Waals surface area contributed by atoms with Crippen molar-refractivity contribution in [3.05, 3.63) is 27.3 Å². The van der Waals surface area contributed by atoms with E-state index in [-0.39, 0.29) is 11.7 Å². The van der Waals surface area contributed by atoms with Gasteiger partial charge in [0.1, 0.15) is 5.75 Å². The highest BCUT2D eigenvalue weighted by Crippen LogP contribution is 2.35. The molecule has 5 nitrogen and oxygen atoms in total. The third kappa shape index (κ3) is 3.14. The molecule has 1 aliphatic rings. The molecule has 1 heterocycles. The van der Waals surface area contributed by atoms with Crippen LogP contribution in [0.2, 0.25) is 0 Å². The van der Waals surface area contributed by atoms with Crippen LogP contribution in [-0.2, 0) is 4.79 Å². The lowest BCUT2D eigenvalue weighted by Crippen LogP contribution is -2.46. The second-order valence-corrected chi connectivity index (χ2v) is 6.56. The molecule has 2 N–H and O–H groups in total. The van der Waals surface area contributed by atoms with Gasteiger partial charge in [-0.1, -0.05) is 6.92 Å². The van der Waals surface area contributed by atoms with Crippen LogP contribution in [0, 0.1) is 8.99 Å². The lowest BCUT2D eigenvalue weighted by atomic mass is 9.76. The molecule has 0 radical (unpaired) electrons. The number of halogens is 1. The Hall–Kier alpha value is -1.31. The number of hydrogen-bond acceptors (Lipinski definition) is 3. The smallest absolute Gasteiger partial charge is 0.309 e. The largest absolute Gasteiger partial charge is 0.507 e. The Morgan fingerprint density at radius 1 is 1.33 bits per heavy atom. The Balaban J connectivity index is 2.09. The van der Waals surface area contributed by atoms with Crippen molar-refractivity contribution in [2.45, 2.75) is 26.2 Å². The van der Waals surface area contributed by atoms with Gasteiger partial charge in [-0.05, 0) is 60.1 Å². The molecule has 0 spiro atoms. The molecule has 1 fully saturated rings. The summed E-state index contributed by atoms with van der Waals surface area (Å²) in [6.07, 6.45) is 1.52. The third-order valence-electron chi connectivity index (χ3n) is 4.33. The van der Waals surface area contributed by atoms with E-state index < -0.39 is 11.4 Å². The fourth-order valence-electron chi connectivity index (χ4n) is 2.68. The highest BCUT2D eigenvalue weighted by molar-refractivity contribution is 14.1. The number of amides is 1. The maximum Gasteiger partial charge on any atom is 0.309 e. The van der Waals surface area contributed by atoms with Gasteiger partial charge in [0.15, 0.2) is 0 Å². The van der Waals surface area contributed by atoms with Gasteiger partial charge >= 0.3 is 5.97 Å². The van der Waals surface area contributed by atoms with Crippen LogP contribution in [-0.4, -0.2) is 40.1 Å². The highest BCUT2D eigenvalue weighted by atomic mass is 127. The monoisotopic (exact) mass is 403 g/mol. The molecule has 114 valence electrons. The molecule has 0 aliphatic carbocycles. The van der Waals surface area contributed by atoms with Gasteiger partial charge in [-0.15, -0.1) is 0 Å². The van der Waals surface area contributed by atoms with Gasteiger partial charge < -0.3 is 15.1 Å². The fourth-order valence-corrected chi connectivity index (χ4v) is 3.02. The van der Waals surface area contributed by atoms with Crippen molar-refractivity contribution in [3.63, 3.8) is 0 Å². The van der Waals surface area contributed by atoms with Crippen molar-refractivity contribution in [1.29, 1.82) is 0 Å². The van der Waals surface area contributed by atoms with Crippen molar-refractivity contribution in [2.24, 2.45) is 5.41 Å². The second-order valence-electron chi connectivity index (χ2n) is 5.40. The molecule has 0 saturated carbocycles. The number of phenolic OH excluding ortho intramolecular Hbond substituents is 1. The maximum atomic E-state index is 12.4. The molecule has 21 heavy (non-hydrogen) atoms. The number of piperidine rings is 1. The van der Waals surface area contributed by atoms with E-state index in [0.717, 1.165) is 0 Å². The summed E-state index contributed by atoms with van der Waals surface area (Å²) in [5.74, 6) is -0.840. The minimum Gasteiger partial charge on any atom is -0.507 e. The molecule has 0 atom stereocenters. The number of carbonyl (C=O) groups is 2. The molecule has 0 aromatic heterocycles. The number of benzene rings is 1. The molecule has 1 aromatic carbocycles. The van der Waals surface area contributed by atoms with Crippen LogP contribution in [0.1, 0.15) is 36.5 Å². The Morgan fingerprint density at radius 3 is 2.43 bits per heavy atom. The van der Waals surface area contributed by atoms with Crippen LogP contribution in [0.4, 0.5) is 0 Å². The molecule has 1 saturated heterocycles. The second kappa shape index (κ2) is 6.21. The molecular weight excluding hydrogens is 385 g/mol. The SMILES string of the molecule is CCC1(C(=O)O)CCN(C(=O)c2ccc(I)c(O)c2)CC1. The summed E-state index contributed by atoms with van der Waals surface area (Å²) < 4.78 is 0.693. The topological polar surface area (TPSA) is 77.8 Å². The third-order valence-corrected chi connectivity index (χ3v) is 5.24. The van der Waals surface area contributed by atoms with E-state index >= 15 is 0 Å². The lowest BCUT2D eigenvalue weighted by Gasteiger charge is -2.38. The first-order valence-corrected chi connectivity index (χ1v) is 7.99. The molecule has 1 aromatic rings. The minimum absolute atomic E-state index is 0.0897. The van der Waals surface area contributed by atoms with Crippen LogP contribution >= 0.6 is 22.6 Å². The fraction of sp³-hybridized carbons (Fsp3) is 0.467. The molecule has 1 aliphatic heterocycles. The van der Waals surface area contributed by atoms with Crippen molar-refractivity contribution >= 4 is 34.5 Å².